The monoisotopic (exact) mass is 459 g/mol. The highest BCUT2D eigenvalue weighted by Gasteiger charge is 2.51. The number of rotatable bonds is 8. The van der Waals surface area contributed by atoms with Crippen LogP contribution in [-0.2, 0) is 16.1 Å². The van der Waals surface area contributed by atoms with Crippen LogP contribution in [0.15, 0.2) is 30.3 Å². The fourth-order valence-corrected chi connectivity index (χ4v) is 5.23. The first-order chi connectivity index (χ1) is 15.9. The number of carbonyl (C=O) groups excluding carboxylic acids is 2. The summed E-state index contributed by atoms with van der Waals surface area (Å²) in [7, 11) is 0. The quantitative estimate of drug-likeness (QED) is 0.616. The standard InChI is InChI=1S/C25H37N3O5/c1-19-23(31)26(14-15-28(19)24(32)33-18-20-6-3-2-4-7-20)12-5-8-21(17-29)27-13-11-25(9-10-25)22(30)16-27/h2-4,6-7,19,21-22,29-30H,5,8-18H2,1H3/t19-,21-,22+/m0/s1. The Morgan fingerprint density at radius 3 is 2.61 bits per heavy atom. The van der Waals surface area contributed by atoms with Crippen LogP contribution in [0.5, 0.6) is 0 Å². The van der Waals surface area contributed by atoms with Gasteiger partial charge in [0.05, 0.1) is 12.7 Å². The first kappa shape index (κ1) is 24.0. The lowest BCUT2D eigenvalue weighted by Gasteiger charge is -2.41. The average molecular weight is 460 g/mol. The Kier molecular flexibility index (Phi) is 7.56. The minimum atomic E-state index is -0.553. The fraction of sp³-hybridized carbons (Fsp3) is 0.680. The van der Waals surface area contributed by atoms with Gasteiger partial charge in [-0.3, -0.25) is 14.6 Å². The molecule has 3 atom stereocenters. The summed E-state index contributed by atoms with van der Waals surface area (Å²) in [5.41, 5.74) is 1.07. The number of hydrogen-bond acceptors (Lipinski definition) is 6. The van der Waals surface area contributed by atoms with Crippen molar-refractivity contribution >= 4 is 12.0 Å². The topological polar surface area (TPSA) is 93.5 Å². The zero-order valence-corrected chi connectivity index (χ0v) is 19.6. The molecular formula is C25H37N3O5. The largest absolute Gasteiger partial charge is 0.445 e. The van der Waals surface area contributed by atoms with E-state index in [0.717, 1.165) is 44.2 Å². The second-order valence-electron chi connectivity index (χ2n) is 9.84. The summed E-state index contributed by atoms with van der Waals surface area (Å²) in [5.74, 6) is -0.0671. The van der Waals surface area contributed by atoms with Gasteiger partial charge < -0.3 is 19.8 Å². The number of nitrogens with zero attached hydrogens (tertiary/aromatic N) is 3. The number of aliphatic hydroxyl groups excluding tert-OH is 2. The molecule has 2 heterocycles. The smallest absolute Gasteiger partial charge is 0.410 e. The first-order valence-electron chi connectivity index (χ1n) is 12.2. The van der Waals surface area contributed by atoms with Crippen molar-refractivity contribution in [1.29, 1.82) is 0 Å². The number of ether oxygens (including phenoxy) is 1. The van der Waals surface area contributed by atoms with Gasteiger partial charge >= 0.3 is 6.09 Å². The lowest BCUT2D eigenvalue weighted by molar-refractivity contribution is -0.140. The second-order valence-corrected chi connectivity index (χ2v) is 9.84. The van der Waals surface area contributed by atoms with E-state index in [1.165, 1.54) is 4.90 Å². The van der Waals surface area contributed by atoms with Crippen molar-refractivity contribution in [2.45, 2.75) is 63.8 Å². The lowest BCUT2D eigenvalue weighted by Crippen LogP contribution is -2.57. The molecule has 8 heteroatoms. The third kappa shape index (κ3) is 5.50. The molecule has 4 rings (SSSR count). The van der Waals surface area contributed by atoms with Gasteiger partial charge in [-0.25, -0.2) is 4.79 Å². The number of piperidine rings is 1. The molecule has 1 aliphatic carbocycles. The Bertz CT molecular complexity index is 816. The van der Waals surface area contributed by atoms with E-state index in [1.54, 1.807) is 6.92 Å². The van der Waals surface area contributed by atoms with Crippen molar-refractivity contribution in [3.63, 3.8) is 0 Å². The number of benzene rings is 1. The van der Waals surface area contributed by atoms with E-state index in [2.05, 4.69) is 4.90 Å². The predicted molar refractivity (Wildman–Crippen MR) is 123 cm³/mol. The van der Waals surface area contributed by atoms with Crippen LogP contribution in [0, 0.1) is 5.41 Å². The van der Waals surface area contributed by atoms with E-state index in [9.17, 15) is 19.8 Å². The molecule has 0 aromatic heterocycles. The molecular weight excluding hydrogens is 422 g/mol. The molecule has 1 aromatic carbocycles. The number of β-amino-alcohol motifs (C(OH)–C–C–N with tert-alkyl or cyclic N) is 1. The third-order valence-corrected chi connectivity index (χ3v) is 7.78. The molecule has 2 aliphatic heterocycles. The second kappa shape index (κ2) is 10.4. The molecule has 2 saturated heterocycles. The molecule has 3 fully saturated rings. The highest BCUT2D eigenvalue weighted by molar-refractivity contribution is 5.86. The van der Waals surface area contributed by atoms with Crippen LogP contribution in [0.3, 0.4) is 0 Å². The minimum absolute atomic E-state index is 0.0116. The molecule has 1 spiro atoms. The normalized spacial score (nSPS) is 25.8. The Morgan fingerprint density at radius 2 is 1.94 bits per heavy atom. The Labute approximate surface area is 196 Å². The number of amides is 2. The molecule has 8 nitrogen and oxygen atoms in total. The number of hydrogen-bond donors (Lipinski definition) is 2. The SMILES string of the molecule is C[C@H]1C(=O)N(CCC[C@@H](CO)N2CCC3(CC3)[C@H](O)C2)CCN1C(=O)OCc1ccccc1. The summed E-state index contributed by atoms with van der Waals surface area (Å²) < 4.78 is 5.41. The summed E-state index contributed by atoms with van der Waals surface area (Å²) in [4.78, 5) is 30.9. The molecule has 3 aliphatic rings. The van der Waals surface area contributed by atoms with Crippen LogP contribution in [0.25, 0.3) is 0 Å². The van der Waals surface area contributed by atoms with Gasteiger partial charge in [0.2, 0.25) is 5.91 Å². The summed E-state index contributed by atoms with van der Waals surface area (Å²) in [6, 6.07) is 8.95. The fourth-order valence-electron chi connectivity index (χ4n) is 5.23. The van der Waals surface area contributed by atoms with E-state index in [0.29, 0.717) is 26.2 Å². The lowest BCUT2D eigenvalue weighted by atomic mass is 9.89. The molecule has 2 amide bonds. The van der Waals surface area contributed by atoms with E-state index in [1.807, 2.05) is 35.2 Å². The minimum Gasteiger partial charge on any atom is -0.445 e. The molecule has 2 N–H and O–H groups in total. The van der Waals surface area contributed by atoms with E-state index >= 15 is 0 Å². The van der Waals surface area contributed by atoms with Gasteiger partial charge in [0.15, 0.2) is 0 Å². The van der Waals surface area contributed by atoms with Crippen LogP contribution in [0.4, 0.5) is 4.79 Å². The van der Waals surface area contributed by atoms with Gasteiger partial charge in [-0.15, -0.1) is 0 Å². The van der Waals surface area contributed by atoms with Crippen molar-refractivity contribution in [3.8, 4) is 0 Å². The maximum Gasteiger partial charge on any atom is 0.410 e. The van der Waals surface area contributed by atoms with Gasteiger partial charge in [-0.05, 0) is 56.6 Å². The van der Waals surface area contributed by atoms with Gasteiger partial charge in [-0.2, -0.15) is 0 Å². The molecule has 1 aromatic rings. The summed E-state index contributed by atoms with van der Waals surface area (Å²) in [6.45, 7) is 5.08. The maximum absolute atomic E-state index is 12.9. The van der Waals surface area contributed by atoms with Crippen molar-refractivity contribution in [3.05, 3.63) is 35.9 Å². The van der Waals surface area contributed by atoms with Crippen molar-refractivity contribution in [1.82, 2.24) is 14.7 Å². The molecule has 182 valence electrons. The summed E-state index contributed by atoms with van der Waals surface area (Å²) in [6.07, 6.45) is 4.05. The first-order valence-corrected chi connectivity index (χ1v) is 12.2. The van der Waals surface area contributed by atoms with Gasteiger partial charge in [0, 0.05) is 32.2 Å². The highest BCUT2D eigenvalue weighted by atomic mass is 16.6. The zero-order valence-electron chi connectivity index (χ0n) is 19.6. The number of carbonyl (C=O) groups is 2. The highest BCUT2D eigenvalue weighted by Crippen LogP contribution is 2.53. The molecule has 1 saturated carbocycles. The molecule has 0 radical (unpaired) electrons. The number of aliphatic hydroxyl groups is 2. The van der Waals surface area contributed by atoms with Crippen LogP contribution in [0.1, 0.15) is 44.6 Å². The van der Waals surface area contributed by atoms with Crippen LogP contribution in [0.2, 0.25) is 0 Å². The van der Waals surface area contributed by atoms with E-state index in [-0.39, 0.29) is 36.7 Å². The number of piperazine rings is 1. The molecule has 0 bridgehead atoms. The Morgan fingerprint density at radius 1 is 1.18 bits per heavy atom. The third-order valence-electron chi connectivity index (χ3n) is 7.78. The Hall–Kier alpha value is -2.16. The number of likely N-dealkylation sites (tertiary alicyclic amines) is 1. The molecule has 33 heavy (non-hydrogen) atoms. The average Bonchev–Trinajstić information content (AvgIpc) is 3.61. The van der Waals surface area contributed by atoms with Crippen LogP contribution >= 0.6 is 0 Å². The van der Waals surface area contributed by atoms with Crippen molar-refractivity contribution < 1.29 is 24.5 Å². The van der Waals surface area contributed by atoms with Crippen LogP contribution in [-0.4, -0.2) is 94.4 Å². The predicted octanol–water partition coefficient (Wildman–Crippen LogP) is 1.84. The zero-order chi connectivity index (χ0) is 23.4. The summed E-state index contributed by atoms with van der Waals surface area (Å²) >= 11 is 0. The van der Waals surface area contributed by atoms with Crippen LogP contribution < -0.4 is 0 Å². The molecule has 0 unspecified atom stereocenters. The van der Waals surface area contributed by atoms with Gasteiger partial charge in [-0.1, -0.05) is 30.3 Å². The van der Waals surface area contributed by atoms with Crippen molar-refractivity contribution in [2.24, 2.45) is 5.41 Å². The van der Waals surface area contributed by atoms with E-state index in [4.69, 9.17) is 4.74 Å². The van der Waals surface area contributed by atoms with Crippen molar-refractivity contribution in [2.75, 3.05) is 39.3 Å². The Balaban J connectivity index is 1.20. The summed E-state index contributed by atoms with van der Waals surface area (Å²) in [5, 5.41) is 20.4. The maximum atomic E-state index is 12.9. The van der Waals surface area contributed by atoms with E-state index < -0.39 is 12.1 Å². The van der Waals surface area contributed by atoms with Gasteiger partial charge in [0.25, 0.3) is 0 Å². The van der Waals surface area contributed by atoms with Gasteiger partial charge in [0.1, 0.15) is 12.6 Å².